The molecule has 6 heteroatoms. The second kappa shape index (κ2) is 5.32. The van der Waals surface area contributed by atoms with Crippen molar-refractivity contribution in [3.63, 3.8) is 0 Å². The van der Waals surface area contributed by atoms with Gasteiger partial charge >= 0.3 is 0 Å². The molecule has 2 aromatic heterocycles. The summed E-state index contributed by atoms with van der Waals surface area (Å²) in [5.41, 5.74) is 7.80. The number of hydrogen-bond donors (Lipinski definition) is 1. The number of aromatic nitrogens is 3. The zero-order chi connectivity index (χ0) is 14.8. The second-order valence-electron chi connectivity index (χ2n) is 4.69. The second-order valence-corrected chi connectivity index (χ2v) is 4.69. The highest BCUT2D eigenvalue weighted by Gasteiger charge is 2.08. The minimum Gasteiger partial charge on any atom is -0.494 e. The van der Waals surface area contributed by atoms with E-state index in [1.165, 1.54) is 0 Å². The normalized spacial score (nSPS) is 10.9. The first-order chi connectivity index (χ1) is 10.2. The first kappa shape index (κ1) is 13.2. The van der Waals surface area contributed by atoms with Crippen molar-refractivity contribution in [2.75, 3.05) is 12.3 Å². The SMILES string of the molecule is CCOc1ccc(N)cc1Cn1ccn2nccc2c1=O. The number of benzene rings is 1. The number of nitrogen functional groups attached to an aromatic ring is 1. The van der Waals surface area contributed by atoms with Crippen molar-refractivity contribution in [1.82, 2.24) is 14.2 Å². The van der Waals surface area contributed by atoms with E-state index in [9.17, 15) is 4.79 Å². The highest BCUT2D eigenvalue weighted by molar-refractivity contribution is 5.48. The molecule has 3 rings (SSSR count). The Balaban J connectivity index is 2.03. The van der Waals surface area contributed by atoms with E-state index in [0.29, 0.717) is 24.4 Å². The van der Waals surface area contributed by atoms with Gasteiger partial charge in [-0.15, -0.1) is 0 Å². The molecule has 0 fully saturated rings. The summed E-state index contributed by atoms with van der Waals surface area (Å²) < 4.78 is 8.76. The van der Waals surface area contributed by atoms with E-state index in [-0.39, 0.29) is 5.56 Å². The monoisotopic (exact) mass is 284 g/mol. The van der Waals surface area contributed by atoms with Gasteiger partial charge in [-0.25, -0.2) is 4.52 Å². The highest BCUT2D eigenvalue weighted by Crippen LogP contribution is 2.22. The maximum absolute atomic E-state index is 12.4. The van der Waals surface area contributed by atoms with Crippen molar-refractivity contribution in [3.05, 3.63) is 58.8 Å². The number of ether oxygens (including phenoxy) is 1. The number of fused-ring (bicyclic) bond motifs is 1. The Bertz CT molecular complexity index is 835. The number of nitrogens with zero attached hydrogens (tertiary/aromatic N) is 3. The van der Waals surface area contributed by atoms with Crippen molar-refractivity contribution in [2.24, 2.45) is 0 Å². The van der Waals surface area contributed by atoms with Gasteiger partial charge in [0, 0.05) is 23.6 Å². The molecule has 0 bridgehead atoms. The number of rotatable bonds is 4. The average Bonchev–Trinajstić information content (AvgIpc) is 2.94. The Morgan fingerprint density at radius 1 is 1.29 bits per heavy atom. The number of anilines is 1. The summed E-state index contributed by atoms with van der Waals surface area (Å²) in [4.78, 5) is 12.4. The van der Waals surface area contributed by atoms with Gasteiger partial charge in [-0.1, -0.05) is 0 Å². The standard InChI is InChI=1S/C15H16N4O2/c1-2-21-14-4-3-12(16)9-11(14)10-18-7-8-19-13(15(18)20)5-6-17-19/h3-9H,2,10,16H2,1H3. The molecule has 6 nitrogen and oxygen atoms in total. The van der Waals surface area contributed by atoms with Crippen LogP contribution in [-0.2, 0) is 6.54 Å². The Labute approximate surface area is 121 Å². The lowest BCUT2D eigenvalue weighted by atomic mass is 10.1. The molecule has 0 atom stereocenters. The Morgan fingerprint density at radius 3 is 2.95 bits per heavy atom. The molecule has 0 aliphatic rings. The summed E-state index contributed by atoms with van der Waals surface area (Å²) in [6, 6.07) is 7.15. The maximum Gasteiger partial charge on any atom is 0.276 e. The molecule has 0 aliphatic heterocycles. The van der Waals surface area contributed by atoms with E-state index in [4.69, 9.17) is 10.5 Å². The van der Waals surface area contributed by atoms with E-state index in [1.807, 2.05) is 19.1 Å². The molecule has 21 heavy (non-hydrogen) atoms. The van der Waals surface area contributed by atoms with Gasteiger partial charge in [-0.3, -0.25) is 4.79 Å². The van der Waals surface area contributed by atoms with Gasteiger partial charge in [0.05, 0.1) is 19.3 Å². The minimum absolute atomic E-state index is 0.0973. The molecule has 0 radical (unpaired) electrons. The molecule has 0 saturated carbocycles. The van der Waals surface area contributed by atoms with Crippen LogP contribution in [0.2, 0.25) is 0 Å². The lowest BCUT2D eigenvalue weighted by Crippen LogP contribution is -2.22. The molecule has 2 heterocycles. The molecule has 0 amide bonds. The summed E-state index contributed by atoms with van der Waals surface area (Å²) >= 11 is 0. The molecule has 108 valence electrons. The third kappa shape index (κ3) is 2.47. The average molecular weight is 284 g/mol. The molecule has 0 saturated heterocycles. The van der Waals surface area contributed by atoms with Crippen LogP contribution in [-0.4, -0.2) is 20.8 Å². The van der Waals surface area contributed by atoms with Gasteiger partial charge in [0.1, 0.15) is 11.3 Å². The Kier molecular flexibility index (Phi) is 3.35. The highest BCUT2D eigenvalue weighted by atomic mass is 16.5. The zero-order valence-electron chi connectivity index (χ0n) is 11.7. The lowest BCUT2D eigenvalue weighted by molar-refractivity contribution is 0.335. The summed E-state index contributed by atoms with van der Waals surface area (Å²) in [5.74, 6) is 0.743. The molecule has 0 spiro atoms. The molecular formula is C15H16N4O2. The van der Waals surface area contributed by atoms with E-state index in [2.05, 4.69) is 5.10 Å². The van der Waals surface area contributed by atoms with Gasteiger partial charge in [0.25, 0.3) is 5.56 Å². The zero-order valence-corrected chi connectivity index (χ0v) is 11.7. The van der Waals surface area contributed by atoms with Crippen LogP contribution < -0.4 is 16.0 Å². The van der Waals surface area contributed by atoms with Crippen molar-refractivity contribution in [1.29, 1.82) is 0 Å². The molecular weight excluding hydrogens is 268 g/mol. The quantitative estimate of drug-likeness (QED) is 0.737. The number of hydrogen-bond acceptors (Lipinski definition) is 4. The van der Waals surface area contributed by atoms with E-state index < -0.39 is 0 Å². The van der Waals surface area contributed by atoms with E-state index >= 15 is 0 Å². The minimum atomic E-state index is -0.0973. The van der Waals surface area contributed by atoms with Crippen LogP contribution in [0, 0.1) is 0 Å². The molecule has 2 N–H and O–H groups in total. The summed E-state index contributed by atoms with van der Waals surface area (Å²) in [5, 5.41) is 4.05. The first-order valence-corrected chi connectivity index (χ1v) is 6.73. The van der Waals surface area contributed by atoms with Crippen LogP contribution in [0.3, 0.4) is 0 Å². The molecule has 1 aromatic carbocycles. The number of nitrogens with two attached hydrogens (primary N) is 1. The smallest absolute Gasteiger partial charge is 0.276 e. The molecule has 3 aromatic rings. The van der Waals surface area contributed by atoms with Crippen molar-refractivity contribution in [3.8, 4) is 5.75 Å². The van der Waals surface area contributed by atoms with Gasteiger partial charge in [0.2, 0.25) is 0 Å². The van der Waals surface area contributed by atoms with Crippen molar-refractivity contribution >= 4 is 11.2 Å². The fourth-order valence-corrected chi connectivity index (χ4v) is 2.29. The predicted octanol–water partition coefficient (Wildman–Crippen LogP) is 1.53. The summed E-state index contributed by atoms with van der Waals surface area (Å²) in [6.07, 6.45) is 5.07. The van der Waals surface area contributed by atoms with Crippen molar-refractivity contribution < 1.29 is 4.74 Å². The fraction of sp³-hybridized carbons (Fsp3) is 0.200. The van der Waals surface area contributed by atoms with Crippen LogP contribution in [0.1, 0.15) is 12.5 Å². The maximum atomic E-state index is 12.4. The Hall–Kier alpha value is -2.76. The Morgan fingerprint density at radius 2 is 2.14 bits per heavy atom. The molecule has 0 unspecified atom stereocenters. The van der Waals surface area contributed by atoms with Gasteiger partial charge in [-0.2, -0.15) is 5.10 Å². The topological polar surface area (TPSA) is 74.6 Å². The third-order valence-electron chi connectivity index (χ3n) is 3.26. The van der Waals surface area contributed by atoms with Crippen LogP contribution >= 0.6 is 0 Å². The lowest BCUT2D eigenvalue weighted by Gasteiger charge is -2.12. The summed E-state index contributed by atoms with van der Waals surface area (Å²) in [7, 11) is 0. The van der Waals surface area contributed by atoms with Gasteiger partial charge in [0.15, 0.2) is 0 Å². The summed E-state index contributed by atoms with van der Waals surface area (Å²) in [6.45, 7) is 2.89. The van der Waals surface area contributed by atoms with Crippen LogP contribution in [0.5, 0.6) is 5.75 Å². The van der Waals surface area contributed by atoms with E-state index in [0.717, 1.165) is 11.3 Å². The van der Waals surface area contributed by atoms with Gasteiger partial charge < -0.3 is 15.0 Å². The van der Waals surface area contributed by atoms with Crippen LogP contribution in [0.25, 0.3) is 5.52 Å². The van der Waals surface area contributed by atoms with Crippen LogP contribution in [0.15, 0.2) is 47.7 Å². The largest absolute Gasteiger partial charge is 0.494 e. The molecule has 0 aliphatic carbocycles. The third-order valence-corrected chi connectivity index (χ3v) is 3.26. The van der Waals surface area contributed by atoms with Crippen LogP contribution in [0.4, 0.5) is 5.69 Å². The fourth-order valence-electron chi connectivity index (χ4n) is 2.29. The first-order valence-electron chi connectivity index (χ1n) is 6.73. The van der Waals surface area contributed by atoms with Gasteiger partial charge in [-0.05, 0) is 31.2 Å². The van der Waals surface area contributed by atoms with Crippen molar-refractivity contribution in [2.45, 2.75) is 13.5 Å². The predicted molar refractivity (Wildman–Crippen MR) is 80.6 cm³/mol. The van der Waals surface area contributed by atoms with E-state index in [1.54, 1.807) is 39.8 Å².